The molecule has 1 aliphatic carbocycles. The number of carbonyl (C=O) groups is 3. The summed E-state index contributed by atoms with van der Waals surface area (Å²) in [7, 11) is 0. The van der Waals surface area contributed by atoms with Crippen LogP contribution in [0.5, 0.6) is 0 Å². The van der Waals surface area contributed by atoms with E-state index < -0.39 is 6.04 Å². The molecule has 1 aromatic rings. The molecule has 0 spiro atoms. The molecular weight excluding hydrogens is 356 g/mol. The molecule has 4 N–H and O–H groups in total. The molecule has 28 heavy (non-hydrogen) atoms. The number of hydrogen-bond acceptors (Lipinski definition) is 5. The molecule has 7 heteroatoms. The number of rotatable bonds is 4. The number of amides is 3. The first-order valence-electron chi connectivity index (χ1n) is 10.3. The number of benzene rings is 1. The number of carbonyl (C=O) groups excluding carboxylic acids is 3. The van der Waals surface area contributed by atoms with Crippen LogP contribution in [0.15, 0.2) is 18.2 Å². The Morgan fingerprint density at radius 3 is 2.75 bits per heavy atom. The van der Waals surface area contributed by atoms with Crippen molar-refractivity contribution in [1.29, 1.82) is 0 Å². The van der Waals surface area contributed by atoms with E-state index in [4.69, 9.17) is 5.73 Å². The van der Waals surface area contributed by atoms with Crippen LogP contribution in [-0.4, -0.2) is 40.7 Å². The molecule has 7 nitrogen and oxygen atoms in total. The second-order valence-corrected chi connectivity index (χ2v) is 8.18. The Morgan fingerprint density at radius 2 is 1.93 bits per heavy atom. The molecule has 4 rings (SSSR count). The van der Waals surface area contributed by atoms with Crippen LogP contribution in [0, 0.1) is 0 Å². The summed E-state index contributed by atoms with van der Waals surface area (Å²) in [5.41, 5.74) is 9.01. The van der Waals surface area contributed by atoms with Crippen molar-refractivity contribution in [3.05, 3.63) is 34.9 Å². The van der Waals surface area contributed by atoms with Crippen molar-refractivity contribution >= 4 is 17.7 Å². The summed E-state index contributed by atoms with van der Waals surface area (Å²) in [5.74, 6) is -0.771. The lowest BCUT2D eigenvalue weighted by atomic mass is 10.0. The number of hydrogen-bond donors (Lipinski definition) is 3. The van der Waals surface area contributed by atoms with Gasteiger partial charge in [-0.25, -0.2) is 0 Å². The van der Waals surface area contributed by atoms with Crippen molar-refractivity contribution in [2.24, 2.45) is 5.73 Å². The van der Waals surface area contributed by atoms with Crippen LogP contribution in [0.2, 0.25) is 0 Å². The molecule has 0 radical (unpaired) electrons. The highest BCUT2D eigenvalue weighted by Gasteiger charge is 2.39. The zero-order valence-electron chi connectivity index (χ0n) is 16.1. The van der Waals surface area contributed by atoms with Gasteiger partial charge < -0.3 is 16.0 Å². The number of nitrogens with two attached hydrogens (primary N) is 1. The van der Waals surface area contributed by atoms with Crippen LogP contribution < -0.4 is 16.4 Å². The zero-order chi connectivity index (χ0) is 19.7. The highest BCUT2D eigenvalue weighted by Crippen LogP contribution is 2.28. The van der Waals surface area contributed by atoms with E-state index in [1.165, 1.54) is 19.3 Å². The maximum Gasteiger partial charge on any atom is 0.255 e. The Kier molecular flexibility index (Phi) is 5.46. The van der Waals surface area contributed by atoms with Crippen molar-refractivity contribution in [2.45, 2.75) is 76.2 Å². The highest BCUT2D eigenvalue weighted by atomic mass is 16.2. The van der Waals surface area contributed by atoms with Gasteiger partial charge in [0.1, 0.15) is 6.04 Å². The fourth-order valence-electron chi connectivity index (χ4n) is 4.58. The summed E-state index contributed by atoms with van der Waals surface area (Å²) in [6.45, 7) is 1.13. The summed E-state index contributed by atoms with van der Waals surface area (Å²) in [6, 6.07) is 5.84. The Hall–Kier alpha value is -2.25. The molecule has 150 valence electrons. The first-order chi connectivity index (χ1) is 13.5. The molecule has 1 saturated heterocycles. The van der Waals surface area contributed by atoms with Crippen LogP contribution in [0.4, 0.5) is 0 Å². The SMILES string of the molecule is N[C@@H]1CCCCC[C@H]1NCc1ccc2c(c1)CN(C1CCC(=O)NC1=O)C2=O. The van der Waals surface area contributed by atoms with E-state index in [0.717, 1.165) is 30.5 Å². The van der Waals surface area contributed by atoms with Gasteiger partial charge >= 0.3 is 0 Å². The third-order valence-corrected chi connectivity index (χ3v) is 6.23. The maximum absolute atomic E-state index is 12.7. The molecular formula is C21H28N4O3. The van der Waals surface area contributed by atoms with Gasteiger partial charge in [-0.15, -0.1) is 0 Å². The van der Waals surface area contributed by atoms with Gasteiger partial charge in [-0.05, 0) is 36.5 Å². The van der Waals surface area contributed by atoms with Crippen LogP contribution in [0.25, 0.3) is 0 Å². The van der Waals surface area contributed by atoms with Gasteiger partial charge in [0.05, 0.1) is 0 Å². The average Bonchev–Trinajstić information content (AvgIpc) is 2.84. The minimum atomic E-state index is -0.567. The minimum absolute atomic E-state index is 0.130. The Bertz CT molecular complexity index is 794. The summed E-state index contributed by atoms with van der Waals surface area (Å²) >= 11 is 0. The normalized spacial score (nSPS) is 28.1. The molecule has 2 fully saturated rings. The lowest BCUT2D eigenvalue weighted by Crippen LogP contribution is -2.52. The van der Waals surface area contributed by atoms with E-state index in [9.17, 15) is 14.4 Å². The highest BCUT2D eigenvalue weighted by molar-refractivity contribution is 6.05. The Labute approximate surface area is 165 Å². The smallest absolute Gasteiger partial charge is 0.255 e. The molecule has 1 unspecified atom stereocenters. The molecule has 0 aromatic heterocycles. The first kappa shape index (κ1) is 19.1. The summed E-state index contributed by atoms with van der Waals surface area (Å²) in [5, 5.41) is 5.93. The average molecular weight is 384 g/mol. The van der Waals surface area contributed by atoms with Crippen LogP contribution in [-0.2, 0) is 22.7 Å². The van der Waals surface area contributed by atoms with Gasteiger partial charge in [0, 0.05) is 37.2 Å². The number of nitrogens with zero attached hydrogens (tertiary/aromatic N) is 1. The molecule has 3 atom stereocenters. The fourth-order valence-corrected chi connectivity index (χ4v) is 4.58. The van der Waals surface area contributed by atoms with Gasteiger partial charge in [0.2, 0.25) is 11.8 Å². The lowest BCUT2D eigenvalue weighted by Gasteiger charge is -2.29. The van der Waals surface area contributed by atoms with E-state index in [-0.39, 0.29) is 30.2 Å². The summed E-state index contributed by atoms with van der Waals surface area (Å²) in [6.07, 6.45) is 6.50. The fraction of sp³-hybridized carbons (Fsp3) is 0.571. The number of imide groups is 1. The van der Waals surface area contributed by atoms with Gasteiger partial charge in [-0.3, -0.25) is 19.7 Å². The molecule has 1 aromatic carbocycles. The van der Waals surface area contributed by atoms with Gasteiger partial charge in [-0.1, -0.05) is 31.4 Å². The second kappa shape index (κ2) is 8.01. The van der Waals surface area contributed by atoms with E-state index in [1.807, 2.05) is 18.2 Å². The molecule has 2 heterocycles. The van der Waals surface area contributed by atoms with Crippen molar-refractivity contribution in [3.8, 4) is 0 Å². The van der Waals surface area contributed by atoms with E-state index in [1.54, 1.807) is 4.90 Å². The van der Waals surface area contributed by atoms with Crippen molar-refractivity contribution in [1.82, 2.24) is 15.5 Å². The Morgan fingerprint density at radius 1 is 1.11 bits per heavy atom. The largest absolute Gasteiger partial charge is 0.326 e. The van der Waals surface area contributed by atoms with Gasteiger partial charge in [0.25, 0.3) is 5.91 Å². The van der Waals surface area contributed by atoms with Crippen LogP contribution >= 0.6 is 0 Å². The quantitative estimate of drug-likeness (QED) is 0.534. The molecule has 3 aliphatic rings. The van der Waals surface area contributed by atoms with Gasteiger partial charge in [0.15, 0.2) is 0 Å². The third kappa shape index (κ3) is 3.82. The topological polar surface area (TPSA) is 105 Å². The minimum Gasteiger partial charge on any atom is -0.326 e. The number of nitrogens with one attached hydrogen (secondary N) is 2. The standard InChI is InChI=1S/C21H28N4O3/c22-16-4-2-1-3-5-17(16)23-11-13-6-7-15-14(10-13)12-25(21(15)28)18-8-9-19(26)24-20(18)27/h6-7,10,16-18,23H,1-5,8-9,11-12,22H2,(H,24,26,27)/t16-,17-,18?/m1/s1. The summed E-state index contributed by atoms with van der Waals surface area (Å²) < 4.78 is 0. The maximum atomic E-state index is 12.7. The van der Waals surface area contributed by atoms with Gasteiger partial charge in [-0.2, -0.15) is 0 Å². The predicted octanol–water partition coefficient (Wildman–Crippen LogP) is 1.20. The van der Waals surface area contributed by atoms with Crippen molar-refractivity contribution in [3.63, 3.8) is 0 Å². The van der Waals surface area contributed by atoms with Crippen molar-refractivity contribution < 1.29 is 14.4 Å². The molecule has 2 aliphatic heterocycles. The van der Waals surface area contributed by atoms with E-state index >= 15 is 0 Å². The number of fused-ring (bicyclic) bond motifs is 1. The second-order valence-electron chi connectivity index (χ2n) is 8.18. The van der Waals surface area contributed by atoms with E-state index in [2.05, 4.69) is 10.6 Å². The van der Waals surface area contributed by atoms with E-state index in [0.29, 0.717) is 24.6 Å². The number of piperidine rings is 1. The first-order valence-corrected chi connectivity index (χ1v) is 10.3. The summed E-state index contributed by atoms with van der Waals surface area (Å²) in [4.78, 5) is 37.9. The van der Waals surface area contributed by atoms with Crippen LogP contribution in [0.1, 0.15) is 66.4 Å². The van der Waals surface area contributed by atoms with Crippen molar-refractivity contribution in [2.75, 3.05) is 0 Å². The molecule has 0 bridgehead atoms. The zero-order valence-corrected chi connectivity index (χ0v) is 16.1. The Balaban J connectivity index is 1.42. The lowest BCUT2D eigenvalue weighted by molar-refractivity contribution is -0.136. The van der Waals surface area contributed by atoms with Crippen LogP contribution in [0.3, 0.4) is 0 Å². The third-order valence-electron chi connectivity index (χ3n) is 6.23. The molecule has 1 saturated carbocycles. The predicted molar refractivity (Wildman–Crippen MR) is 104 cm³/mol. The monoisotopic (exact) mass is 384 g/mol. The molecule has 3 amide bonds.